The highest BCUT2D eigenvalue weighted by Crippen LogP contribution is 2.26. The number of aromatic hydroxyl groups is 1. The number of hydrogen-bond donors (Lipinski definition) is 3. The summed E-state index contributed by atoms with van der Waals surface area (Å²) in [5.41, 5.74) is 12.2. The fourth-order valence-electron chi connectivity index (χ4n) is 1.10. The van der Waals surface area contributed by atoms with Crippen LogP contribution >= 0.6 is 15.9 Å². The molecule has 0 amide bonds. The van der Waals surface area contributed by atoms with Crippen molar-refractivity contribution in [2.24, 2.45) is 11.5 Å². The van der Waals surface area contributed by atoms with E-state index in [1.54, 1.807) is 12.1 Å². The van der Waals surface area contributed by atoms with Gasteiger partial charge in [0.15, 0.2) is 0 Å². The fraction of sp³-hybridized carbons (Fsp3) is 0.333. The Hall–Kier alpha value is -0.580. The van der Waals surface area contributed by atoms with E-state index >= 15 is 0 Å². The van der Waals surface area contributed by atoms with Gasteiger partial charge in [0.2, 0.25) is 0 Å². The molecule has 0 unspecified atom stereocenters. The van der Waals surface area contributed by atoms with E-state index < -0.39 is 0 Å². The lowest BCUT2D eigenvalue weighted by molar-refractivity contribution is 0.471. The van der Waals surface area contributed by atoms with Crippen molar-refractivity contribution in [3.63, 3.8) is 0 Å². The van der Waals surface area contributed by atoms with Crippen LogP contribution in [-0.4, -0.2) is 11.7 Å². The van der Waals surface area contributed by atoms with Gasteiger partial charge < -0.3 is 16.6 Å². The third-order valence-electron chi connectivity index (χ3n) is 1.88. The van der Waals surface area contributed by atoms with E-state index in [0.29, 0.717) is 11.0 Å². The van der Waals surface area contributed by atoms with Gasteiger partial charge in [0.25, 0.3) is 0 Å². The van der Waals surface area contributed by atoms with E-state index in [1.165, 1.54) is 0 Å². The van der Waals surface area contributed by atoms with E-state index in [0.717, 1.165) is 12.0 Å². The molecule has 0 fully saturated rings. The molecule has 1 atom stereocenters. The lowest BCUT2D eigenvalue weighted by atomic mass is 10.1. The van der Waals surface area contributed by atoms with Gasteiger partial charge in [0.1, 0.15) is 5.75 Å². The van der Waals surface area contributed by atoms with Gasteiger partial charge in [0.05, 0.1) is 4.47 Å². The fourth-order valence-corrected chi connectivity index (χ4v) is 1.50. The van der Waals surface area contributed by atoms with Crippen LogP contribution in [0.3, 0.4) is 0 Å². The molecule has 0 aliphatic carbocycles. The molecule has 3 nitrogen and oxygen atoms in total. The Kier molecular flexibility index (Phi) is 3.71. The van der Waals surface area contributed by atoms with Crippen molar-refractivity contribution in [3.8, 4) is 5.75 Å². The lowest BCUT2D eigenvalue weighted by Gasteiger charge is -2.11. The minimum absolute atomic E-state index is 0.0538. The molecular weight excluding hydrogens is 232 g/mol. The predicted octanol–water partition coefficient (Wildman–Crippen LogP) is 1.50. The molecule has 0 saturated carbocycles. The SMILES string of the molecule is NCC[C@H](N)c1ccc(O)c(Br)c1. The van der Waals surface area contributed by atoms with Gasteiger partial charge in [-0.2, -0.15) is 0 Å². The maximum atomic E-state index is 9.24. The minimum atomic E-state index is -0.0538. The summed E-state index contributed by atoms with van der Waals surface area (Å²) in [6.07, 6.45) is 0.747. The van der Waals surface area contributed by atoms with E-state index in [-0.39, 0.29) is 11.8 Å². The lowest BCUT2D eigenvalue weighted by Crippen LogP contribution is -2.15. The quantitative estimate of drug-likeness (QED) is 0.755. The molecule has 4 heteroatoms. The summed E-state index contributed by atoms with van der Waals surface area (Å²) >= 11 is 3.23. The maximum Gasteiger partial charge on any atom is 0.129 e. The van der Waals surface area contributed by atoms with Crippen molar-refractivity contribution in [3.05, 3.63) is 28.2 Å². The summed E-state index contributed by atoms with van der Waals surface area (Å²) in [6.45, 7) is 0.569. The van der Waals surface area contributed by atoms with Crippen molar-refractivity contribution in [2.45, 2.75) is 12.5 Å². The first-order valence-corrected chi connectivity index (χ1v) is 4.88. The van der Waals surface area contributed by atoms with E-state index in [2.05, 4.69) is 15.9 Å². The van der Waals surface area contributed by atoms with Crippen molar-refractivity contribution >= 4 is 15.9 Å². The summed E-state index contributed by atoms with van der Waals surface area (Å²) < 4.78 is 0.664. The second-order valence-corrected chi connectivity index (χ2v) is 3.75. The molecule has 1 aromatic carbocycles. The van der Waals surface area contributed by atoms with Crippen LogP contribution in [0.4, 0.5) is 0 Å². The molecule has 0 heterocycles. The van der Waals surface area contributed by atoms with E-state index in [9.17, 15) is 5.11 Å². The normalized spacial score (nSPS) is 12.8. The third kappa shape index (κ3) is 2.69. The standard InChI is InChI=1S/C9H13BrN2O/c10-7-5-6(1-2-9(7)13)8(12)3-4-11/h1-2,5,8,13H,3-4,11-12H2/t8-/m0/s1. The van der Waals surface area contributed by atoms with Gasteiger partial charge in [-0.1, -0.05) is 6.07 Å². The number of rotatable bonds is 3. The summed E-state index contributed by atoms with van der Waals surface area (Å²) in [4.78, 5) is 0. The molecule has 1 aromatic rings. The number of halogens is 1. The zero-order chi connectivity index (χ0) is 9.84. The Bertz CT molecular complexity index is 291. The van der Waals surface area contributed by atoms with Gasteiger partial charge >= 0.3 is 0 Å². The Morgan fingerprint density at radius 2 is 2.15 bits per heavy atom. The van der Waals surface area contributed by atoms with E-state index in [4.69, 9.17) is 11.5 Å². The van der Waals surface area contributed by atoms with Crippen molar-refractivity contribution in [1.29, 1.82) is 0 Å². The summed E-state index contributed by atoms with van der Waals surface area (Å²) in [5.74, 6) is 0.226. The molecule has 72 valence electrons. The number of phenolic OH excluding ortho intramolecular Hbond substituents is 1. The van der Waals surface area contributed by atoms with Crippen molar-refractivity contribution in [1.82, 2.24) is 0 Å². The zero-order valence-corrected chi connectivity index (χ0v) is 8.79. The van der Waals surface area contributed by atoms with Crippen LogP contribution in [0.25, 0.3) is 0 Å². The molecule has 0 aliphatic rings. The van der Waals surface area contributed by atoms with Gasteiger partial charge in [-0.05, 0) is 46.6 Å². The molecule has 13 heavy (non-hydrogen) atoms. The first-order chi connectivity index (χ1) is 6.15. The molecule has 0 bridgehead atoms. The van der Waals surface area contributed by atoms with Crippen LogP contribution in [-0.2, 0) is 0 Å². The highest BCUT2D eigenvalue weighted by molar-refractivity contribution is 9.10. The predicted molar refractivity (Wildman–Crippen MR) is 56.4 cm³/mol. The van der Waals surface area contributed by atoms with E-state index in [1.807, 2.05) is 6.07 Å². The molecule has 1 rings (SSSR count). The zero-order valence-electron chi connectivity index (χ0n) is 7.20. The highest BCUT2D eigenvalue weighted by atomic mass is 79.9. The van der Waals surface area contributed by atoms with Crippen molar-refractivity contribution in [2.75, 3.05) is 6.54 Å². The van der Waals surface area contributed by atoms with Crippen LogP contribution in [0.5, 0.6) is 5.75 Å². The third-order valence-corrected chi connectivity index (χ3v) is 2.51. The van der Waals surface area contributed by atoms with Crippen molar-refractivity contribution < 1.29 is 5.11 Å². The van der Waals surface area contributed by atoms with Crippen LogP contribution in [0.2, 0.25) is 0 Å². The number of nitrogens with two attached hydrogens (primary N) is 2. The average molecular weight is 245 g/mol. The monoisotopic (exact) mass is 244 g/mol. The van der Waals surface area contributed by atoms with Crippen LogP contribution in [0.1, 0.15) is 18.0 Å². The summed E-state index contributed by atoms with van der Waals surface area (Å²) in [7, 11) is 0. The summed E-state index contributed by atoms with van der Waals surface area (Å²) in [6, 6.07) is 5.19. The first kappa shape index (κ1) is 10.5. The maximum absolute atomic E-state index is 9.24. The molecule has 0 saturated heterocycles. The second kappa shape index (κ2) is 4.60. The topological polar surface area (TPSA) is 72.3 Å². The molecular formula is C9H13BrN2O. The summed E-state index contributed by atoms with van der Waals surface area (Å²) in [5, 5.41) is 9.24. The number of phenols is 1. The Balaban J connectivity index is 2.84. The molecule has 0 spiro atoms. The Morgan fingerprint density at radius 3 is 2.69 bits per heavy atom. The molecule has 0 aromatic heterocycles. The van der Waals surface area contributed by atoms with Gasteiger partial charge in [0, 0.05) is 6.04 Å². The van der Waals surface area contributed by atoms with Gasteiger partial charge in [-0.25, -0.2) is 0 Å². The number of hydrogen-bond acceptors (Lipinski definition) is 3. The Labute approximate surface area is 85.9 Å². The molecule has 0 radical (unpaired) electrons. The smallest absolute Gasteiger partial charge is 0.129 e. The highest BCUT2D eigenvalue weighted by Gasteiger charge is 2.06. The van der Waals surface area contributed by atoms with Crippen LogP contribution in [0.15, 0.2) is 22.7 Å². The Morgan fingerprint density at radius 1 is 1.46 bits per heavy atom. The second-order valence-electron chi connectivity index (χ2n) is 2.89. The molecule has 0 aliphatic heterocycles. The van der Waals surface area contributed by atoms with Crippen LogP contribution in [0, 0.1) is 0 Å². The van der Waals surface area contributed by atoms with Crippen LogP contribution < -0.4 is 11.5 Å². The average Bonchev–Trinajstić information content (AvgIpc) is 2.10. The van der Waals surface area contributed by atoms with Gasteiger partial charge in [-0.15, -0.1) is 0 Å². The largest absolute Gasteiger partial charge is 0.507 e. The molecule has 5 N–H and O–H groups in total. The first-order valence-electron chi connectivity index (χ1n) is 4.09. The van der Waals surface area contributed by atoms with Gasteiger partial charge in [-0.3, -0.25) is 0 Å². The minimum Gasteiger partial charge on any atom is -0.507 e. The number of benzene rings is 1.